The minimum absolute atomic E-state index is 0.0811. The summed E-state index contributed by atoms with van der Waals surface area (Å²) in [5.41, 5.74) is 1.72. The second-order valence-electron chi connectivity index (χ2n) is 8.05. The lowest BCUT2D eigenvalue weighted by molar-refractivity contribution is -0.146. The van der Waals surface area contributed by atoms with Crippen molar-refractivity contribution in [3.8, 4) is 5.75 Å². The number of hydrogen-bond acceptors (Lipinski definition) is 6. The molecule has 2 aromatic carbocycles. The zero-order valence-electron chi connectivity index (χ0n) is 18.7. The van der Waals surface area contributed by atoms with E-state index in [-0.39, 0.29) is 18.6 Å². The van der Waals surface area contributed by atoms with Crippen LogP contribution in [0.3, 0.4) is 0 Å². The van der Waals surface area contributed by atoms with E-state index in [0.29, 0.717) is 15.8 Å². The molecule has 3 rings (SSSR count). The van der Waals surface area contributed by atoms with E-state index in [1.807, 2.05) is 55.5 Å². The van der Waals surface area contributed by atoms with Crippen molar-refractivity contribution < 1.29 is 18.6 Å². The Morgan fingerprint density at radius 2 is 1.84 bits per heavy atom. The fourth-order valence-electron chi connectivity index (χ4n) is 3.28. The molecule has 1 saturated heterocycles. The molecule has 0 saturated carbocycles. The first-order valence-corrected chi connectivity index (χ1v) is 13.5. The van der Waals surface area contributed by atoms with E-state index in [2.05, 4.69) is 18.9 Å². The molecule has 0 aliphatic carbocycles. The Morgan fingerprint density at radius 1 is 1.19 bits per heavy atom. The third kappa shape index (κ3) is 5.93. The predicted molar refractivity (Wildman–Crippen MR) is 134 cm³/mol. The van der Waals surface area contributed by atoms with Crippen LogP contribution < -0.4 is 9.61 Å². The summed E-state index contributed by atoms with van der Waals surface area (Å²) in [6, 6.07) is 15.8. The summed E-state index contributed by atoms with van der Waals surface area (Å²) in [6.07, 6.45) is 0. The normalized spacial score (nSPS) is 19.0. The predicted octanol–water partition coefficient (Wildman–Crippen LogP) is 5.56. The van der Waals surface area contributed by atoms with Crippen LogP contribution in [0.2, 0.25) is 0 Å². The number of esters is 1. The highest BCUT2D eigenvalue weighted by atomic mass is 32.2. The molecule has 1 N–H and O–H groups in total. The van der Waals surface area contributed by atoms with E-state index in [9.17, 15) is 9.36 Å². The van der Waals surface area contributed by atoms with Crippen molar-refractivity contribution >= 4 is 41.9 Å². The third-order valence-corrected chi connectivity index (χ3v) is 9.18. The van der Waals surface area contributed by atoms with Gasteiger partial charge >= 0.3 is 13.6 Å². The van der Waals surface area contributed by atoms with E-state index in [4.69, 9.17) is 21.5 Å². The summed E-state index contributed by atoms with van der Waals surface area (Å²) >= 11 is 7.02. The first-order chi connectivity index (χ1) is 15.2. The molecule has 6 nitrogen and oxygen atoms in total. The van der Waals surface area contributed by atoms with Gasteiger partial charge in [-0.25, -0.2) is 9.65 Å². The van der Waals surface area contributed by atoms with Gasteiger partial charge in [-0.1, -0.05) is 86.4 Å². The molecule has 1 heterocycles. The van der Waals surface area contributed by atoms with Crippen molar-refractivity contribution in [3.05, 3.63) is 65.7 Å². The third-order valence-electron chi connectivity index (χ3n) is 5.18. The summed E-state index contributed by atoms with van der Waals surface area (Å²) in [4.78, 5) is 12.7. The van der Waals surface area contributed by atoms with Gasteiger partial charge in [0, 0.05) is 5.75 Å². The number of thiocarbonyl (C=S) groups is 1. The van der Waals surface area contributed by atoms with Gasteiger partial charge in [0.1, 0.15) is 22.7 Å². The maximum absolute atomic E-state index is 14.3. The maximum Gasteiger partial charge on any atom is 0.421 e. The fourth-order valence-corrected chi connectivity index (χ4v) is 7.95. The second-order valence-corrected chi connectivity index (χ2v) is 11.6. The molecule has 0 radical (unpaired) electrons. The van der Waals surface area contributed by atoms with Crippen molar-refractivity contribution in [1.29, 1.82) is 0 Å². The minimum atomic E-state index is -3.77. The van der Waals surface area contributed by atoms with E-state index in [1.165, 1.54) is 11.8 Å². The van der Waals surface area contributed by atoms with Crippen LogP contribution in [-0.2, 0) is 20.7 Å². The molecule has 3 atom stereocenters. The molecule has 32 heavy (non-hydrogen) atoms. The Bertz CT molecular complexity index is 1000. The fraction of sp³-hybridized carbons (Fsp3) is 0.391. The zero-order valence-corrected chi connectivity index (χ0v) is 21.2. The molecule has 172 valence electrons. The average Bonchev–Trinajstić information content (AvgIpc) is 3.17. The number of aryl methyl sites for hydroxylation is 1. The number of nitrogens with zero attached hydrogens (tertiary/aromatic N) is 1. The summed E-state index contributed by atoms with van der Waals surface area (Å²) < 4.78 is 28.0. The molecule has 0 spiro atoms. The van der Waals surface area contributed by atoms with Gasteiger partial charge in [0.15, 0.2) is 0 Å². The molecule has 0 bridgehead atoms. The Morgan fingerprint density at radius 3 is 2.50 bits per heavy atom. The lowest BCUT2D eigenvalue weighted by Gasteiger charge is -2.36. The van der Waals surface area contributed by atoms with Crippen LogP contribution in [0.25, 0.3) is 0 Å². The van der Waals surface area contributed by atoms with Crippen LogP contribution in [0.1, 0.15) is 31.9 Å². The van der Waals surface area contributed by atoms with Crippen LogP contribution in [-0.4, -0.2) is 32.8 Å². The van der Waals surface area contributed by atoms with Gasteiger partial charge in [0.25, 0.3) is 0 Å². The van der Waals surface area contributed by atoms with Gasteiger partial charge in [-0.2, -0.15) is 0 Å². The number of ether oxygens (including phenoxy) is 1. The Balaban J connectivity index is 1.83. The second kappa shape index (κ2) is 10.8. The highest BCUT2D eigenvalue weighted by molar-refractivity contribution is 8.23. The van der Waals surface area contributed by atoms with Gasteiger partial charge < -0.3 is 9.26 Å². The van der Waals surface area contributed by atoms with E-state index in [1.54, 1.807) is 17.7 Å². The van der Waals surface area contributed by atoms with Crippen LogP contribution in [0.4, 0.5) is 0 Å². The molecule has 0 aromatic heterocycles. The highest BCUT2D eigenvalue weighted by Crippen LogP contribution is 2.54. The number of para-hydroxylation sites is 1. The molecule has 0 amide bonds. The van der Waals surface area contributed by atoms with Gasteiger partial charge in [-0.3, -0.25) is 9.46 Å². The Hall–Kier alpha value is -1.86. The van der Waals surface area contributed by atoms with Crippen LogP contribution >= 0.6 is 31.7 Å². The monoisotopic (exact) mass is 492 g/mol. The number of benzene rings is 2. The molecule has 9 heteroatoms. The maximum atomic E-state index is 14.3. The number of hydrogen-bond donors (Lipinski definition) is 1. The summed E-state index contributed by atoms with van der Waals surface area (Å²) in [7, 11) is -3.77. The quantitative estimate of drug-likeness (QED) is 0.277. The minimum Gasteiger partial charge on any atom is -0.460 e. The molecule has 1 fully saturated rings. The van der Waals surface area contributed by atoms with Crippen LogP contribution in [0, 0.1) is 12.8 Å². The molecular weight excluding hydrogens is 463 g/mol. The van der Waals surface area contributed by atoms with Gasteiger partial charge in [-0.05, 0) is 37.0 Å². The standard InChI is InChI=1S/C23H29N2O4PS2/c1-16(2)20-15-32-23(31)25(20)30(27,29-21-13-9-8-10-17(21)3)24-18(4)22(26)28-14-19-11-6-5-7-12-19/h5-13,16,18,20H,14-15H2,1-4H3,(H,24,27)/t18-,20+,30-/m0/s1. The van der Waals surface area contributed by atoms with E-state index in [0.717, 1.165) is 11.1 Å². The largest absolute Gasteiger partial charge is 0.460 e. The SMILES string of the molecule is Cc1ccccc1O[P@@](=O)(N[C@@H](C)C(=O)OCc1ccccc1)N1C(=S)SC[C@@H]1C(C)C. The van der Waals surface area contributed by atoms with Crippen LogP contribution in [0.5, 0.6) is 5.75 Å². The number of rotatable bonds is 9. The first-order valence-electron chi connectivity index (χ1n) is 10.5. The smallest absolute Gasteiger partial charge is 0.421 e. The Kier molecular flexibility index (Phi) is 8.39. The first kappa shape index (κ1) is 24.8. The highest BCUT2D eigenvalue weighted by Gasteiger charge is 2.47. The van der Waals surface area contributed by atoms with Gasteiger partial charge in [0.05, 0.1) is 6.04 Å². The van der Waals surface area contributed by atoms with Crippen molar-refractivity contribution in [2.45, 2.75) is 46.4 Å². The number of nitrogens with one attached hydrogen (secondary N) is 1. The molecule has 0 unspecified atom stereocenters. The molecule has 1 aliphatic heterocycles. The number of thioether (sulfide) groups is 1. The van der Waals surface area contributed by atoms with Crippen molar-refractivity contribution in [2.24, 2.45) is 5.92 Å². The number of carbonyl (C=O) groups is 1. The lowest BCUT2D eigenvalue weighted by atomic mass is 10.1. The molecule has 1 aliphatic rings. The lowest BCUT2D eigenvalue weighted by Crippen LogP contribution is -2.44. The topological polar surface area (TPSA) is 67.9 Å². The zero-order chi connectivity index (χ0) is 23.3. The summed E-state index contributed by atoms with van der Waals surface area (Å²) in [5, 5.41) is 2.95. The average molecular weight is 493 g/mol. The van der Waals surface area contributed by atoms with Crippen molar-refractivity contribution in [1.82, 2.24) is 9.76 Å². The summed E-state index contributed by atoms with van der Waals surface area (Å²) in [5.74, 6) is 0.877. The van der Waals surface area contributed by atoms with Gasteiger partial charge in [-0.15, -0.1) is 0 Å². The van der Waals surface area contributed by atoms with Gasteiger partial charge in [0.2, 0.25) is 0 Å². The van der Waals surface area contributed by atoms with Crippen LogP contribution in [0.15, 0.2) is 54.6 Å². The van der Waals surface area contributed by atoms with E-state index < -0.39 is 19.7 Å². The van der Waals surface area contributed by atoms with E-state index >= 15 is 0 Å². The molecular formula is C23H29N2O4PS2. The number of carbonyl (C=O) groups excluding carboxylic acids is 1. The molecule has 2 aromatic rings. The van der Waals surface area contributed by atoms with Crippen molar-refractivity contribution in [3.63, 3.8) is 0 Å². The summed E-state index contributed by atoms with van der Waals surface area (Å²) in [6.45, 7) is 7.76. The van der Waals surface area contributed by atoms with Crippen molar-refractivity contribution in [2.75, 3.05) is 5.75 Å². The Labute approximate surface area is 199 Å².